The number of methoxy groups -OCH3 is 2. The Morgan fingerprint density at radius 3 is 2.82 bits per heavy atom. The Bertz CT molecular complexity index is 1030. The predicted octanol–water partition coefficient (Wildman–Crippen LogP) is 5.47. The van der Waals surface area contributed by atoms with E-state index in [1.165, 1.54) is 18.2 Å². The Kier molecular flexibility index (Phi) is 8.11. The number of hydrogen-bond donors (Lipinski definition) is 0. The summed E-state index contributed by atoms with van der Waals surface area (Å²) in [5, 5.41) is 0.746. The topological polar surface area (TPSA) is 60.9 Å². The number of fused-ring (bicyclic) bond motifs is 2. The fourth-order valence-corrected chi connectivity index (χ4v) is 5.18. The zero-order valence-electron chi connectivity index (χ0n) is 20.0. The molecule has 1 aliphatic heterocycles. The molecule has 1 saturated carbocycles. The van der Waals surface area contributed by atoms with Crippen LogP contribution in [0.4, 0.5) is 5.82 Å². The average Bonchev–Trinajstić information content (AvgIpc) is 2.87. The lowest BCUT2D eigenvalue weighted by Crippen LogP contribution is -2.43. The molecule has 4 rings (SSSR count). The van der Waals surface area contributed by atoms with Crippen LogP contribution in [0.1, 0.15) is 47.3 Å². The number of halogens is 1. The molecule has 1 aromatic heterocycles. The van der Waals surface area contributed by atoms with Gasteiger partial charge >= 0.3 is 5.97 Å². The largest absolute Gasteiger partial charge is 0.490 e. The maximum atomic E-state index is 12.3. The SMILES string of the molecule is C=C[C@H](OC)[C@@H]1CC[C@H]1CN1Cc2ccc(Cl)cc2CCCCOc2ccc(C(=O)OC)nc21. The van der Waals surface area contributed by atoms with Crippen molar-refractivity contribution < 1.29 is 19.0 Å². The Balaban J connectivity index is 1.74. The molecule has 0 saturated heterocycles. The van der Waals surface area contributed by atoms with E-state index in [0.717, 1.165) is 43.7 Å². The van der Waals surface area contributed by atoms with Crippen LogP contribution < -0.4 is 9.64 Å². The van der Waals surface area contributed by atoms with Crippen molar-refractivity contribution >= 4 is 23.4 Å². The second-order valence-corrected chi connectivity index (χ2v) is 9.48. The molecule has 182 valence electrons. The summed E-state index contributed by atoms with van der Waals surface area (Å²) in [6.07, 6.45) is 7.01. The molecule has 2 aliphatic rings. The number of ether oxygens (including phenoxy) is 3. The van der Waals surface area contributed by atoms with Crippen molar-refractivity contribution in [2.75, 3.05) is 32.3 Å². The highest BCUT2D eigenvalue weighted by Gasteiger charge is 2.37. The van der Waals surface area contributed by atoms with Crippen LogP contribution in [-0.2, 0) is 22.4 Å². The molecule has 0 unspecified atom stereocenters. The monoisotopic (exact) mass is 484 g/mol. The first-order valence-corrected chi connectivity index (χ1v) is 12.3. The van der Waals surface area contributed by atoms with Crippen LogP contribution in [0.3, 0.4) is 0 Å². The van der Waals surface area contributed by atoms with Crippen molar-refractivity contribution in [3.63, 3.8) is 0 Å². The lowest BCUT2D eigenvalue weighted by atomic mass is 9.70. The zero-order valence-corrected chi connectivity index (χ0v) is 20.7. The number of rotatable bonds is 6. The molecule has 1 fully saturated rings. The maximum absolute atomic E-state index is 12.3. The second kappa shape index (κ2) is 11.2. The number of pyridine rings is 1. The Morgan fingerprint density at radius 1 is 1.26 bits per heavy atom. The van der Waals surface area contributed by atoms with Crippen molar-refractivity contribution in [1.82, 2.24) is 4.98 Å². The molecule has 7 heteroatoms. The van der Waals surface area contributed by atoms with Crippen LogP contribution >= 0.6 is 11.6 Å². The van der Waals surface area contributed by atoms with E-state index in [0.29, 0.717) is 36.6 Å². The molecule has 1 aromatic carbocycles. The predicted molar refractivity (Wildman–Crippen MR) is 134 cm³/mol. The van der Waals surface area contributed by atoms with E-state index >= 15 is 0 Å². The number of carbonyl (C=O) groups is 1. The van der Waals surface area contributed by atoms with Gasteiger partial charge in [0.05, 0.1) is 19.8 Å². The van der Waals surface area contributed by atoms with Crippen molar-refractivity contribution in [3.8, 4) is 5.75 Å². The van der Waals surface area contributed by atoms with E-state index in [9.17, 15) is 4.79 Å². The van der Waals surface area contributed by atoms with Gasteiger partial charge in [-0.2, -0.15) is 0 Å². The third-order valence-electron chi connectivity index (χ3n) is 7.02. The normalized spacial score (nSPS) is 21.1. The van der Waals surface area contributed by atoms with E-state index in [2.05, 4.69) is 23.6 Å². The van der Waals surface area contributed by atoms with Gasteiger partial charge < -0.3 is 19.1 Å². The van der Waals surface area contributed by atoms with Crippen LogP contribution in [0.15, 0.2) is 43.0 Å². The summed E-state index contributed by atoms with van der Waals surface area (Å²) in [7, 11) is 3.11. The highest BCUT2D eigenvalue weighted by atomic mass is 35.5. The number of anilines is 1. The van der Waals surface area contributed by atoms with Crippen LogP contribution in [0, 0.1) is 11.8 Å². The lowest BCUT2D eigenvalue weighted by molar-refractivity contribution is 0.0137. The Morgan fingerprint density at radius 2 is 2.12 bits per heavy atom. The van der Waals surface area contributed by atoms with E-state index in [4.69, 9.17) is 30.8 Å². The number of carbonyl (C=O) groups excluding carboxylic acids is 1. The Hall–Kier alpha value is -2.57. The van der Waals surface area contributed by atoms with Gasteiger partial charge in [0.25, 0.3) is 0 Å². The molecule has 6 nitrogen and oxygen atoms in total. The minimum absolute atomic E-state index is 0.0267. The molecule has 2 heterocycles. The van der Waals surface area contributed by atoms with E-state index in [-0.39, 0.29) is 11.8 Å². The summed E-state index contributed by atoms with van der Waals surface area (Å²) in [5.74, 6) is 1.72. The van der Waals surface area contributed by atoms with Crippen LogP contribution in [0.5, 0.6) is 5.75 Å². The van der Waals surface area contributed by atoms with Crippen molar-refractivity contribution in [2.45, 2.75) is 44.8 Å². The van der Waals surface area contributed by atoms with Gasteiger partial charge in [0.15, 0.2) is 17.3 Å². The van der Waals surface area contributed by atoms with Gasteiger partial charge in [0.2, 0.25) is 0 Å². The molecule has 0 spiro atoms. The van der Waals surface area contributed by atoms with Crippen LogP contribution in [0.2, 0.25) is 5.02 Å². The Labute approximate surface area is 206 Å². The van der Waals surface area contributed by atoms with Crippen molar-refractivity contribution in [2.24, 2.45) is 11.8 Å². The molecule has 0 amide bonds. The van der Waals surface area contributed by atoms with Gasteiger partial charge in [0.1, 0.15) is 0 Å². The highest BCUT2D eigenvalue weighted by molar-refractivity contribution is 6.30. The van der Waals surface area contributed by atoms with Crippen LogP contribution in [0.25, 0.3) is 0 Å². The molecule has 2 aromatic rings. The smallest absolute Gasteiger partial charge is 0.356 e. The first-order valence-electron chi connectivity index (χ1n) is 11.9. The van der Waals surface area contributed by atoms with Crippen molar-refractivity contribution in [3.05, 3.63) is 64.8 Å². The average molecular weight is 485 g/mol. The highest BCUT2D eigenvalue weighted by Crippen LogP contribution is 2.41. The summed E-state index contributed by atoms with van der Waals surface area (Å²) in [5.41, 5.74) is 2.73. The number of esters is 1. The summed E-state index contributed by atoms with van der Waals surface area (Å²) in [6, 6.07) is 9.62. The summed E-state index contributed by atoms with van der Waals surface area (Å²) >= 11 is 6.34. The maximum Gasteiger partial charge on any atom is 0.356 e. The lowest BCUT2D eigenvalue weighted by Gasteiger charge is -2.43. The van der Waals surface area contributed by atoms with Gasteiger partial charge in [-0.1, -0.05) is 23.7 Å². The van der Waals surface area contributed by atoms with Gasteiger partial charge in [-0.25, -0.2) is 9.78 Å². The number of nitrogens with zero attached hydrogens (tertiary/aromatic N) is 2. The van der Waals surface area contributed by atoms with Gasteiger partial charge in [-0.05, 0) is 79.3 Å². The van der Waals surface area contributed by atoms with Gasteiger partial charge in [0, 0.05) is 25.2 Å². The molecule has 34 heavy (non-hydrogen) atoms. The number of hydrogen-bond acceptors (Lipinski definition) is 6. The van der Waals surface area contributed by atoms with E-state index in [1.807, 2.05) is 18.2 Å². The third kappa shape index (κ3) is 5.39. The molecule has 1 aliphatic carbocycles. The summed E-state index contributed by atoms with van der Waals surface area (Å²) < 4.78 is 16.8. The number of aromatic nitrogens is 1. The molecular weight excluding hydrogens is 452 g/mol. The van der Waals surface area contributed by atoms with Gasteiger partial charge in [-0.3, -0.25) is 0 Å². The zero-order chi connectivity index (χ0) is 24.1. The number of benzene rings is 1. The standard InChI is InChI=1S/C27H33ClN2O4/c1-4-24(32-2)22-11-9-20(22)17-30-16-19-8-10-21(28)15-18(19)7-5-6-14-34-25-13-12-23(27(31)33-3)29-26(25)30/h4,8,10,12-13,15,20,22,24H,1,5-7,9,11,14,16-17H2,2-3H3/t20-,22+,24-/m0/s1. The van der Waals surface area contributed by atoms with E-state index < -0.39 is 5.97 Å². The molecular formula is C27H33ClN2O4. The van der Waals surface area contributed by atoms with Crippen LogP contribution in [-0.4, -0.2) is 44.4 Å². The molecule has 0 N–H and O–H groups in total. The quantitative estimate of drug-likeness (QED) is 0.400. The molecule has 0 bridgehead atoms. The first kappa shape index (κ1) is 24.6. The molecule has 0 radical (unpaired) electrons. The minimum atomic E-state index is -0.461. The van der Waals surface area contributed by atoms with Crippen molar-refractivity contribution in [1.29, 1.82) is 0 Å². The molecule has 3 atom stereocenters. The second-order valence-electron chi connectivity index (χ2n) is 9.05. The fourth-order valence-electron chi connectivity index (χ4n) is 4.99. The fraction of sp³-hybridized carbons (Fsp3) is 0.481. The summed E-state index contributed by atoms with van der Waals surface area (Å²) in [4.78, 5) is 19.3. The summed E-state index contributed by atoms with van der Waals surface area (Å²) in [6.45, 7) is 5.96. The third-order valence-corrected chi connectivity index (χ3v) is 7.25. The first-order chi connectivity index (χ1) is 16.5. The van der Waals surface area contributed by atoms with Gasteiger partial charge in [-0.15, -0.1) is 6.58 Å². The minimum Gasteiger partial charge on any atom is -0.490 e. The van der Waals surface area contributed by atoms with E-state index in [1.54, 1.807) is 13.2 Å². The number of aryl methyl sites for hydroxylation is 1.